The van der Waals surface area contributed by atoms with Crippen molar-refractivity contribution in [2.75, 3.05) is 40.3 Å². The first-order chi connectivity index (χ1) is 5.59. The maximum Gasteiger partial charge on any atom is 0.281 e. The van der Waals surface area contributed by atoms with Gasteiger partial charge in [0.15, 0.2) is 0 Å². The molecule has 1 aliphatic heterocycles. The SMILES string of the molecule is CNCCN1CCN(C)S1(=O)=O. The molecule has 5 nitrogen and oxygen atoms in total. The van der Waals surface area contributed by atoms with Crippen molar-refractivity contribution in [2.24, 2.45) is 0 Å². The first kappa shape index (κ1) is 9.91. The van der Waals surface area contributed by atoms with Gasteiger partial charge in [-0.1, -0.05) is 0 Å². The van der Waals surface area contributed by atoms with E-state index in [1.54, 1.807) is 7.05 Å². The molecule has 0 aliphatic carbocycles. The van der Waals surface area contributed by atoms with E-state index >= 15 is 0 Å². The van der Waals surface area contributed by atoms with Crippen molar-refractivity contribution in [3.05, 3.63) is 0 Å². The Hall–Kier alpha value is -0.170. The molecule has 1 rings (SSSR count). The van der Waals surface area contributed by atoms with Gasteiger partial charge in [-0.25, -0.2) is 0 Å². The Morgan fingerprint density at radius 1 is 1.42 bits per heavy atom. The van der Waals surface area contributed by atoms with E-state index in [-0.39, 0.29) is 0 Å². The summed E-state index contributed by atoms with van der Waals surface area (Å²) in [5.41, 5.74) is 0. The molecule has 1 saturated heterocycles. The fourth-order valence-electron chi connectivity index (χ4n) is 1.14. The van der Waals surface area contributed by atoms with E-state index in [0.717, 1.165) is 0 Å². The van der Waals surface area contributed by atoms with Gasteiger partial charge in [-0.2, -0.15) is 17.0 Å². The minimum absolute atomic E-state index is 0.559. The van der Waals surface area contributed by atoms with Gasteiger partial charge in [-0.15, -0.1) is 0 Å². The summed E-state index contributed by atoms with van der Waals surface area (Å²) in [4.78, 5) is 0. The molecule has 0 saturated carbocycles. The van der Waals surface area contributed by atoms with Crippen LogP contribution in [0.2, 0.25) is 0 Å². The summed E-state index contributed by atoms with van der Waals surface area (Å²) < 4.78 is 25.7. The van der Waals surface area contributed by atoms with Gasteiger partial charge in [-0.3, -0.25) is 0 Å². The maximum atomic E-state index is 11.4. The Bertz CT molecular complexity index is 239. The molecule has 72 valence electrons. The molecule has 0 atom stereocenters. The van der Waals surface area contributed by atoms with E-state index in [0.29, 0.717) is 26.2 Å². The van der Waals surface area contributed by atoms with Crippen LogP contribution in [0.1, 0.15) is 0 Å². The van der Waals surface area contributed by atoms with E-state index in [1.165, 1.54) is 8.61 Å². The van der Waals surface area contributed by atoms with Crippen molar-refractivity contribution in [3.63, 3.8) is 0 Å². The van der Waals surface area contributed by atoms with Gasteiger partial charge in [0, 0.05) is 33.2 Å². The zero-order valence-corrected chi connectivity index (χ0v) is 8.26. The lowest BCUT2D eigenvalue weighted by atomic mass is 10.5. The summed E-state index contributed by atoms with van der Waals surface area (Å²) >= 11 is 0. The number of likely N-dealkylation sites (N-methyl/N-ethyl adjacent to an activating group) is 2. The second-order valence-corrected chi connectivity index (χ2v) is 4.87. The standard InChI is InChI=1S/C6H15N3O2S/c1-7-3-4-9-6-5-8(2)12(9,10)11/h7H,3-6H2,1-2H3. The lowest BCUT2D eigenvalue weighted by Crippen LogP contribution is -2.35. The molecule has 0 radical (unpaired) electrons. The number of hydrogen-bond acceptors (Lipinski definition) is 3. The molecular weight excluding hydrogens is 178 g/mol. The summed E-state index contributed by atoms with van der Waals surface area (Å²) in [6, 6.07) is 0. The minimum Gasteiger partial charge on any atom is -0.318 e. The molecular formula is C6H15N3O2S. The molecule has 6 heteroatoms. The van der Waals surface area contributed by atoms with E-state index in [4.69, 9.17) is 0 Å². The summed E-state index contributed by atoms with van der Waals surface area (Å²) in [7, 11) is 0.306. The van der Waals surface area contributed by atoms with Crippen molar-refractivity contribution >= 4 is 10.2 Å². The normalized spacial score (nSPS) is 24.8. The molecule has 0 spiro atoms. The summed E-state index contributed by atoms with van der Waals surface area (Å²) in [5.74, 6) is 0. The van der Waals surface area contributed by atoms with Crippen molar-refractivity contribution < 1.29 is 8.42 Å². The largest absolute Gasteiger partial charge is 0.318 e. The van der Waals surface area contributed by atoms with Crippen LogP contribution in [0.15, 0.2) is 0 Å². The summed E-state index contributed by atoms with van der Waals surface area (Å²) in [6.07, 6.45) is 0. The molecule has 1 heterocycles. The third kappa shape index (κ3) is 1.77. The van der Waals surface area contributed by atoms with Crippen LogP contribution in [0.25, 0.3) is 0 Å². The smallest absolute Gasteiger partial charge is 0.281 e. The van der Waals surface area contributed by atoms with Gasteiger partial charge in [-0.05, 0) is 7.05 Å². The van der Waals surface area contributed by atoms with Gasteiger partial charge in [0.05, 0.1) is 0 Å². The number of hydrogen-bond donors (Lipinski definition) is 1. The molecule has 0 bridgehead atoms. The Labute approximate surface area is 73.5 Å². The van der Waals surface area contributed by atoms with Gasteiger partial charge in [0.2, 0.25) is 0 Å². The molecule has 0 aromatic carbocycles. The second-order valence-electron chi connectivity index (χ2n) is 2.83. The van der Waals surface area contributed by atoms with Crippen LogP contribution in [-0.2, 0) is 10.2 Å². The van der Waals surface area contributed by atoms with Crippen molar-refractivity contribution in [2.45, 2.75) is 0 Å². The predicted molar refractivity (Wildman–Crippen MR) is 47.0 cm³/mol. The molecule has 0 unspecified atom stereocenters. The number of nitrogens with zero attached hydrogens (tertiary/aromatic N) is 2. The van der Waals surface area contributed by atoms with Gasteiger partial charge < -0.3 is 5.32 Å². The third-order valence-electron chi connectivity index (χ3n) is 2.00. The fourth-order valence-corrected chi connectivity index (χ4v) is 2.48. The van der Waals surface area contributed by atoms with Crippen LogP contribution in [-0.4, -0.2) is 57.3 Å². The highest BCUT2D eigenvalue weighted by Gasteiger charge is 2.32. The molecule has 0 aromatic heterocycles. The van der Waals surface area contributed by atoms with Gasteiger partial charge in [0.25, 0.3) is 10.2 Å². The number of rotatable bonds is 3. The molecule has 1 N–H and O–H groups in total. The zero-order chi connectivity index (χ0) is 9.19. The third-order valence-corrected chi connectivity index (χ3v) is 3.98. The van der Waals surface area contributed by atoms with Crippen LogP contribution < -0.4 is 5.32 Å². The number of nitrogens with one attached hydrogen (secondary N) is 1. The van der Waals surface area contributed by atoms with E-state index in [1.807, 2.05) is 7.05 Å². The Morgan fingerprint density at radius 3 is 2.50 bits per heavy atom. The van der Waals surface area contributed by atoms with Gasteiger partial charge >= 0.3 is 0 Å². The van der Waals surface area contributed by atoms with Crippen molar-refractivity contribution in [3.8, 4) is 0 Å². The van der Waals surface area contributed by atoms with E-state index in [9.17, 15) is 8.42 Å². The minimum atomic E-state index is -3.11. The Kier molecular flexibility index (Phi) is 3.05. The first-order valence-electron chi connectivity index (χ1n) is 3.95. The van der Waals surface area contributed by atoms with Gasteiger partial charge in [0.1, 0.15) is 0 Å². The monoisotopic (exact) mass is 193 g/mol. The van der Waals surface area contributed by atoms with Crippen molar-refractivity contribution in [1.29, 1.82) is 0 Å². The second kappa shape index (κ2) is 3.69. The summed E-state index contributed by atoms with van der Waals surface area (Å²) in [5, 5.41) is 2.92. The van der Waals surface area contributed by atoms with Crippen LogP contribution >= 0.6 is 0 Å². The predicted octanol–water partition coefficient (Wildman–Crippen LogP) is -1.30. The first-order valence-corrected chi connectivity index (χ1v) is 5.34. The van der Waals surface area contributed by atoms with Crippen LogP contribution in [0.4, 0.5) is 0 Å². The van der Waals surface area contributed by atoms with E-state index in [2.05, 4.69) is 5.32 Å². The molecule has 12 heavy (non-hydrogen) atoms. The highest BCUT2D eigenvalue weighted by atomic mass is 32.2. The topological polar surface area (TPSA) is 52.6 Å². The summed E-state index contributed by atoms with van der Waals surface area (Å²) in [6.45, 7) is 2.48. The highest BCUT2D eigenvalue weighted by Crippen LogP contribution is 2.12. The zero-order valence-electron chi connectivity index (χ0n) is 7.45. The Morgan fingerprint density at radius 2 is 2.08 bits per heavy atom. The molecule has 1 aliphatic rings. The fraction of sp³-hybridized carbons (Fsp3) is 1.00. The van der Waals surface area contributed by atoms with Crippen molar-refractivity contribution in [1.82, 2.24) is 13.9 Å². The van der Waals surface area contributed by atoms with E-state index < -0.39 is 10.2 Å². The van der Waals surface area contributed by atoms with Crippen LogP contribution in [0, 0.1) is 0 Å². The quantitative estimate of drug-likeness (QED) is 0.606. The molecule has 0 amide bonds. The van der Waals surface area contributed by atoms with Crippen LogP contribution in [0.5, 0.6) is 0 Å². The lowest BCUT2D eigenvalue weighted by Gasteiger charge is -2.14. The average molecular weight is 193 g/mol. The molecule has 1 fully saturated rings. The molecule has 0 aromatic rings. The lowest BCUT2D eigenvalue weighted by molar-refractivity contribution is 0.445. The Balaban J connectivity index is 2.57. The average Bonchev–Trinajstić information content (AvgIpc) is 2.25. The van der Waals surface area contributed by atoms with Crippen LogP contribution in [0.3, 0.4) is 0 Å². The highest BCUT2D eigenvalue weighted by molar-refractivity contribution is 7.87. The maximum absolute atomic E-state index is 11.4.